The number of carbonyl (C=O) groups excluding carboxylic acids is 5. The Labute approximate surface area is 505 Å². The Morgan fingerprint density at radius 1 is 0.671 bits per heavy atom. The van der Waals surface area contributed by atoms with Crippen molar-refractivity contribution in [2.45, 2.75) is 90.1 Å². The van der Waals surface area contributed by atoms with Gasteiger partial charge < -0.3 is 44.1 Å². The maximum atomic E-state index is 13.2. The maximum Gasteiger partial charge on any atom is 0.427 e. The molecule has 24 heteroatoms. The first-order valence-electron chi connectivity index (χ1n) is 27.6. The normalized spacial score (nSPS) is 17.8. The molecule has 0 bridgehead atoms. The molecule has 2 saturated carbocycles. The summed E-state index contributed by atoms with van der Waals surface area (Å²) in [5, 5.41) is 6.87. The molecule has 6 aliphatic rings. The number of nitrogens with one attached hydrogen (secondary N) is 2. The molecular formula is C58H70I2N12O10. The zero-order valence-electron chi connectivity index (χ0n) is 46.9. The van der Waals surface area contributed by atoms with Crippen LogP contribution in [0.15, 0.2) is 79.1 Å². The van der Waals surface area contributed by atoms with Crippen LogP contribution in [0.3, 0.4) is 0 Å². The fraction of sp³-hybridized carbons (Fsp3) is 0.466. The highest BCUT2D eigenvalue weighted by Gasteiger charge is 2.31. The van der Waals surface area contributed by atoms with Gasteiger partial charge in [-0.1, -0.05) is 37.3 Å². The number of para-hydroxylation sites is 1. The summed E-state index contributed by atoms with van der Waals surface area (Å²) >= 11 is 4.43. The number of amides is 5. The fourth-order valence-electron chi connectivity index (χ4n) is 9.19. The Balaban J connectivity index is 0.000000155. The van der Waals surface area contributed by atoms with E-state index < -0.39 is 24.6 Å². The molecule has 4 aliphatic heterocycles. The lowest BCUT2D eigenvalue weighted by molar-refractivity contribution is -0.136. The standard InChI is InChI=1S/C25H31IN6O4.C17H16IN3O3.C16H23N3O3/c1-30-7-8-32(23(34)15-30)14-16-3-6-21(29-24(16)25-35-9-10-36-25)31(2)22(33)12-18-11-20(19(26)13-27-18)28-17-4-5-17;1-11(22)21(17(23)24-13-5-3-2-4-6-13)16-9-15(14(18)10-19-16)20-12-7-8-12;1-3-13-5-4-12(15(17-13)16-21-8-9-22-16)10-19-7-6-18(2)11-14(19)20/h3,6,11,13,17,25H,4-5,7-10,12,14-15H2,1-2H3,(H,27,28);2-6,9-10,12H,7-8H2,1H3,(H,19,20);4-5,16H,3,6-11H2,1-2H3. The fourth-order valence-corrected chi connectivity index (χ4v) is 10.1. The van der Waals surface area contributed by atoms with Crippen molar-refractivity contribution in [3.63, 3.8) is 0 Å². The van der Waals surface area contributed by atoms with Gasteiger partial charge in [0.2, 0.25) is 36.2 Å². The number of likely N-dealkylation sites (N-methyl/N-ethyl adjacent to an activating group) is 3. The second-order valence-electron chi connectivity index (χ2n) is 20.8. The number of pyridine rings is 4. The van der Waals surface area contributed by atoms with Crippen LogP contribution in [-0.4, -0.2) is 168 Å². The first kappa shape index (κ1) is 60.6. The molecular weight excluding hydrogens is 1280 g/mol. The number of imide groups is 1. The molecule has 11 rings (SSSR count). The number of carbonyl (C=O) groups is 5. The average Bonchev–Trinajstić information content (AvgIpc) is 4.40. The summed E-state index contributed by atoms with van der Waals surface area (Å²) in [5.41, 5.74) is 6.93. The lowest BCUT2D eigenvalue weighted by Crippen LogP contribution is -2.48. The summed E-state index contributed by atoms with van der Waals surface area (Å²) < 4.78 is 30.0. The smallest absolute Gasteiger partial charge is 0.410 e. The molecule has 5 aromatic rings. The zero-order valence-corrected chi connectivity index (χ0v) is 51.2. The van der Waals surface area contributed by atoms with Crippen LogP contribution in [0.25, 0.3) is 0 Å². The Morgan fingerprint density at radius 3 is 1.72 bits per heavy atom. The van der Waals surface area contributed by atoms with Gasteiger partial charge in [-0.3, -0.25) is 43.8 Å². The summed E-state index contributed by atoms with van der Waals surface area (Å²) in [6, 6.07) is 21.1. The summed E-state index contributed by atoms with van der Waals surface area (Å²) in [6.45, 7) is 10.5. The van der Waals surface area contributed by atoms with Gasteiger partial charge in [0.15, 0.2) is 0 Å². The summed E-state index contributed by atoms with van der Waals surface area (Å²) in [4.78, 5) is 90.6. The van der Waals surface area contributed by atoms with Crippen molar-refractivity contribution >= 4 is 97.9 Å². The van der Waals surface area contributed by atoms with E-state index in [1.165, 1.54) is 24.7 Å². The molecule has 8 heterocycles. The minimum atomic E-state index is -0.778. The number of nitrogens with zero attached hydrogens (tertiary/aromatic N) is 10. The third-order valence-corrected chi connectivity index (χ3v) is 15.9. The van der Waals surface area contributed by atoms with Gasteiger partial charge in [0.1, 0.15) is 28.8 Å². The van der Waals surface area contributed by atoms with Crippen LogP contribution in [0.5, 0.6) is 5.75 Å². The van der Waals surface area contributed by atoms with E-state index >= 15 is 0 Å². The van der Waals surface area contributed by atoms with E-state index in [2.05, 4.69) is 83.8 Å². The number of benzene rings is 1. The molecule has 22 nitrogen and oxygen atoms in total. The minimum Gasteiger partial charge on any atom is -0.410 e. The van der Waals surface area contributed by atoms with E-state index in [4.69, 9.17) is 28.7 Å². The molecule has 4 aromatic heterocycles. The van der Waals surface area contributed by atoms with Gasteiger partial charge in [-0.05, 0) is 133 Å². The van der Waals surface area contributed by atoms with Gasteiger partial charge in [-0.2, -0.15) is 4.90 Å². The Hall–Kier alpha value is -6.01. The molecule has 0 unspecified atom stereocenters. The summed E-state index contributed by atoms with van der Waals surface area (Å²) in [6.07, 6.45) is 7.28. The second kappa shape index (κ2) is 28.5. The van der Waals surface area contributed by atoms with Crippen LogP contribution in [0.1, 0.15) is 86.0 Å². The molecule has 6 fully saturated rings. The third-order valence-electron chi connectivity index (χ3n) is 14.2. The Bertz CT molecular complexity index is 3070. The molecule has 0 atom stereocenters. The Kier molecular flexibility index (Phi) is 21.1. The van der Waals surface area contributed by atoms with Gasteiger partial charge in [0.05, 0.1) is 70.1 Å². The van der Waals surface area contributed by atoms with Gasteiger partial charge in [-0.25, -0.2) is 14.8 Å². The number of aryl methyl sites for hydroxylation is 1. The monoisotopic (exact) mass is 1350 g/mol. The molecule has 2 aliphatic carbocycles. The average molecular weight is 1350 g/mol. The molecule has 1 aromatic carbocycles. The number of halogens is 2. The van der Waals surface area contributed by atoms with Crippen molar-refractivity contribution in [3.05, 3.63) is 120 Å². The zero-order chi connectivity index (χ0) is 57.9. The van der Waals surface area contributed by atoms with Crippen LogP contribution in [-0.2, 0) is 64.1 Å². The predicted octanol–water partition coefficient (Wildman–Crippen LogP) is 6.96. The van der Waals surface area contributed by atoms with E-state index in [0.29, 0.717) is 94.2 Å². The molecule has 4 saturated heterocycles. The summed E-state index contributed by atoms with van der Waals surface area (Å²) in [7, 11) is 5.63. The summed E-state index contributed by atoms with van der Waals surface area (Å²) in [5.74, 6) is 0.788. The number of ether oxygens (including phenoxy) is 5. The SMILES string of the molecule is CC(=O)N(C(=O)Oc1ccccc1)c1cc(NC2CC2)c(I)cn1.CCc1ccc(CN2CCN(C)CC2=O)c(C2OCCO2)n1.CN1CCN(Cc2ccc(N(C)C(=O)Cc3cc(NC4CC4)c(I)cn3)nc2C2OCCO2)C(=O)C1. The van der Waals surface area contributed by atoms with Crippen LogP contribution in [0.4, 0.5) is 27.8 Å². The highest BCUT2D eigenvalue weighted by molar-refractivity contribution is 14.1. The van der Waals surface area contributed by atoms with Gasteiger partial charge in [-0.15, -0.1) is 0 Å². The van der Waals surface area contributed by atoms with E-state index in [1.807, 2.05) is 64.0 Å². The van der Waals surface area contributed by atoms with Gasteiger partial charge in [0.25, 0.3) is 0 Å². The van der Waals surface area contributed by atoms with Crippen molar-refractivity contribution < 1.29 is 47.7 Å². The molecule has 436 valence electrons. The predicted molar refractivity (Wildman–Crippen MR) is 323 cm³/mol. The highest BCUT2D eigenvalue weighted by atomic mass is 127. The van der Waals surface area contributed by atoms with Crippen LogP contribution < -0.4 is 25.2 Å². The van der Waals surface area contributed by atoms with E-state index in [0.717, 1.165) is 84.8 Å². The van der Waals surface area contributed by atoms with Crippen LogP contribution >= 0.6 is 45.2 Å². The number of anilines is 4. The lowest BCUT2D eigenvalue weighted by atomic mass is 10.1. The minimum absolute atomic E-state index is 0.0832. The molecule has 0 spiro atoms. The second-order valence-corrected chi connectivity index (χ2v) is 23.2. The van der Waals surface area contributed by atoms with Crippen molar-refractivity contribution in [2.75, 3.05) is 107 Å². The Morgan fingerprint density at radius 2 is 1.20 bits per heavy atom. The van der Waals surface area contributed by atoms with E-state index in [-0.39, 0.29) is 30.0 Å². The topological polar surface area (TPSA) is 227 Å². The number of rotatable bonds is 16. The van der Waals surface area contributed by atoms with Crippen molar-refractivity contribution in [3.8, 4) is 5.75 Å². The van der Waals surface area contributed by atoms with Crippen molar-refractivity contribution in [2.24, 2.45) is 0 Å². The molecule has 2 N–H and O–H groups in total. The number of aromatic nitrogens is 4. The van der Waals surface area contributed by atoms with Crippen molar-refractivity contribution in [1.82, 2.24) is 39.5 Å². The largest absolute Gasteiger partial charge is 0.427 e. The lowest BCUT2D eigenvalue weighted by Gasteiger charge is -2.32. The molecule has 5 amide bonds. The number of hydrogen-bond acceptors (Lipinski definition) is 18. The molecule has 0 radical (unpaired) electrons. The number of hydrogen-bond donors (Lipinski definition) is 2. The van der Waals surface area contributed by atoms with Crippen LogP contribution in [0.2, 0.25) is 0 Å². The highest BCUT2D eigenvalue weighted by Crippen LogP contribution is 2.33. The van der Waals surface area contributed by atoms with Crippen molar-refractivity contribution in [1.29, 1.82) is 0 Å². The molecule has 82 heavy (non-hydrogen) atoms. The first-order chi connectivity index (χ1) is 39.6. The van der Waals surface area contributed by atoms with E-state index in [1.54, 1.807) is 49.8 Å². The quantitative estimate of drug-likeness (QED) is 0.0953. The van der Waals surface area contributed by atoms with Crippen LogP contribution in [0, 0.1) is 7.14 Å². The number of piperazine rings is 2. The van der Waals surface area contributed by atoms with E-state index in [9.17, 15) is 24.0 Å². The van der Waals surface area contributed by atoms with Gasteiger partial charge >= 0.3 is 6.09 Å². The van der Waals surface area contributed by atoms with Gasteiger partial charge in [0, 0.05) is 89.5 Å². The first-order valence-corrected chi connectivity index (χ1v) is 29.8. The maximum absolute atomic E-state index is 13.2. The third kappa shape index (κ3) is 16.6.